The third kappa shape index (κ3) is 3.73. The lowest BCUT2D eigenvalue weighted by atomic mass is 10.4. The second-order valence-corrected chi connectivity index (χ2v) is 3.49. The van der Waals surface area contributed by atoms with E-state index in [-0.39, 0.29) is 18.1 Å². The summed E-state index contributed by atoms with van der Waals surface area (Å²) in [7, 11) is 1.44. The lowest BCUT2D eigenvalue weighted by molar-refractivity contribution is -0.137. The van der Waals surface area contributed by atoms with Gasteiger partial charge in [0.15, 0.2) is 0 Å². The topological polar surface area (TPSA) is 70.4 Å². The summed E-state index contributed by atoms with van der Waals surface area (Å²) in [5.41, 5.74) is 0.357. The fourth-order valence-electron chi connectivity index (χ4n) is 1.36. The number of ether oxygens (including phenoxy) is 2. The Hall–Kier alpha value is -2.11. The van der Waals surface area contributed by atoms with Crippen LogP contribution in [0.1, 0.15) is 12.6 Å². The predicted molar refractivity (Wildman–Crippen MR) is 65.6 cm³/mol. The van der Waals surface area contributed by atoms with E-state index in [4.69, 9.17) is 9.47 Å². The highest BCUT2D eigenvalue weighted by molar-refractivity contribution is 5.81. The molecule has 0 bridgehead atoms. The molecule has 1 aromatic rings. The summed E-state index contributed by atoms with van der Waals surface area (Å²) in [6, 6.07) is 1.62. The largest absolute Gasteiger partial charge is 0.468 e. The van der Waals surface area contributed by atoms with E-state index in [2.05, 4.69) is 4.98 Å². The maximum Gasteiger partial charge on any atom is 0.330 e. The van der Waals surface area contributed by atoms with Gasteiger partial charge in [0.2, 0.25) is 0 Å². The van der Waals surface area contributed by atoms with Crippen molar-refractivity contribution in [2.24, 2.45) is 0 Å². The fourth-order valence-corrected chi connectivity index (χ4v) is 1.36. The number of hydrogen-bond acceptors (Lipinski definition) is 5. The van der Waals surface area contributed by atoms with Crippen LogP contribution in [0.5, 0.6) is 6.01 Å². The molecule has 0 unspecified atom stereocenters. The van der Waals surface area contributed by atoms with Gasteiger partial charge in [0.25, 0.3) is 11.6 Å². The van der Waals surface area contributed by atoms with E-state index in [0.29, 0.717) is 12.3 Å². The van der Waals surface area contributed by atoms with Crippen LogP contribution in [0.3, 0.4) is 0 Å². The van der Waals surface area contributed by atoms with Crippen molar-refractivity contribution in [3.8, 4) is 6.01 Å². The molecule has 0 aromatic carbocycles. The number of hydrogen-bond donors (Lipinski definition) is 0. The SMILES string of the molecule is CCOC(=O)/C=C/Cn1c(OC)nc(C)cc1=O. The van der Waals surface area contributed by atoms with E-state index < -0.39 is 5.97 Å². The summed E-state index contributed by atoms with van der Waals surface area (Å²) >= 11 is 0. The highest BCUT2D eigenvalue weighted by atomic mass is 16.5. The molecule has 6 nitrogen and oxygen atoms in total. The van der Waals surface area contributed by atoms with Crippen molar-refractivity contribution in [3.05, 3.63) is 34.3 Å². The van der Waals surface area contributed by atoms with Crippen molar-refractivity contribution >= 4 is 5.97 Å². The van der Waals surface area contributed by atoms with Gasteiger partial charge < -0.3 is 9.47 Å². The minimum atomic E-state index is -0.440. The van der Waals surface area contributed by atoms with Gasteiger partial charge in [-0.2, -0.15) is 0 Å². The third-order valence-corrected chi connectivity index (χ3v) is 2.11. The molecule has 1 rings (SSSR count). The number of rotatable bonds is 5. The van der Waals surface area contributed by atoms with Crippen molar-refractivity contribution in [1.82, 2.24) is 9.55 Å². The fraction of sp³-hybridized carbons (Fsp3) is 0.417. The first kappa shape index (κ1) is 14.0. The van der Waals surface area contributed by atoms with Crippen molar-refractivity contribution in [3.63, 3.8) is 0 Å². The number of aromatic nitrogens is 2. The Labute approximate surface area is 105 Å². The third-order valence-electron chi connectivity index (χ3n) is 2.11. The number of nitrogens with zero attached hydrogens (tertiary/aromatic N) is 2. The molecule has 98 valence electrons. The molecule has 0 saturated carbocycles. The van der Waals surface area contributed by atoms with E-state index in [0.717, 1.165) is 0 Å². The molecule has 0 aliphatic rings. The van der Waals surface area contributed by atoms with Gasteiger partial charge in [-0.05, 0) is 13.8 Å². The average Bonchev–Trinajstić information content (AvgIpc) is 2.31. The molecule has 0 aliphatic carbocycles. The normalized spacial score (nSPS) is 10.6. The van der Waals surface area contributed by atoms with Gasteiger partial charge in [-0.15, -0.1) is 0 Å². The Morgan fingerprint density at radius 2 is 2.28 bits per heavy atom. The van der Waals surface area contributed by atoms with Crippen LogP contribution in [0.4, 0.5) is 0 Å². The molecule has 6 heteroatoms. The Balaban J connectivity index is 2.85. The van der Waals surface area contributed by atoms with Gasteiger partial charge in [0, 0.05) is 24.4 Å². The number of esters is 1. The second-order valence-electron chi connectivity index (χ2n) is 3.49. The highest BCUT2D eigenvalue weighted by Gasteiger charge is 2.05. The molecular formula is C12H16N2O4. The quantitative estimate of drug-likeness (QED) is 0.569. The van der Waals surface area contributed by atoms with Crippen molar-refractivity contribution < 1.29 is 14.3 Å². The molecule has 1 aromatic heterocycles. The Bertz CT molecular complexity index is 505. The van der Waals surface area contributed by atoms with Crippen LogP contribution >= 0.6 is 0 Å². The van der Waals surface area contributed by atoms with Crippen LogP contribution < -0.4 is 10.3 Å². The van der Waals surface area contributed by atoms with Crippen LogP contribution in [0.2, 0.25) is 0 Å². The van der Waals surface area contributed by atoms with Gasteiger partial charge in [-0.25, -0.2) is 9.78 Å². The number of allylic oxidation sites excluding steroid dienone is 1. The van der Waals surface area contributed by atoms with Crippen LogP contribution in [-0.4, -0.2) is 29.2 Å². The monoisotopic (exact) mass is 252 g/mol. The molecule has 1 heterocycles. The van der Waals surface area contributed by atoms with Crippen molar-refractivity contribution in [1.29, 1.82) is 0 Å². The van der Waals surface area contributed by atoms with Crippen LogP contribution in [0.15, 0.2) is 23.0 Å². The summed E-state index contributed by atoms with van der Waals surface area (Å²) in [5, 5.41) is 0. The first-order chi connectivity index (χ1) is 8.58. The van der Waals surface area contributed by atoms with Crippen molar-refractivity contribution in [2.45, 2.75) is 20.4 Å². The Morgan fingerprint density at radius 3 is 2.89 bits per heavy atom. The van der Waals surface area contributed by atoms with Gasteiger partial charge in [-0.1, -0.05) is 6.08 Å². The van der Waals surface area contributed by atoms with Gasteiger partial charge in [0.05, 0.1) is 13.7 Å². The summed E-state index contributed by atoms with van der Waals surface area (Å²) in [4.78, 5) is 26.9. The smallest absolute Gasteiger partial charge is 0.330 e. The lowest BCUT2D eigenvalue weighted by Crippen LogP contribution is -2.22. The summed E-state index contributed by atoms with van der Waals surface area (Å²) in [5.74, 6) is -0.440. The zero-order chi connectivity index (χ0) is 13.5. The molecular weight excluding hydrogens is 236 g/mol. The molecule has 0 atom stereocenters. The van der Waals surface area contributed by atoms with Crippen molar-refractivity contribution in [2.75, 3.05) is 13.7 Å². The average molecular weight is 252 g/mol. The van der Waals surface area contributed by atoms with Crippen LogP contribution in [-0.2, 0) is 16.1 Å². The minimum Gasteiger partial charge on any atom is -0.468 e. The van der Waals surface area contributed by atoms with Gasteiger partial charge in [-0.3, -0.25) is 9.36 Å². The Morgan fingerprint density at radius 1 is 1.56 bits per heavy atom. The maximum atomic E-state index is 11.7. The number of aryl methyl sites for hydroxylation is 1. The van der Waals surface area contributed by atoms with E-state index in [1.54, 1.807) is 13.8 Å². The lowest BCUT2D eigenvalue weighted by Gasteiger charge is -2.08. The van der Waals surface area contributed by atoms with Crippen LogP contribution in [0, 0.1) is 6.92 Å². The van der Waals surface area contributed by atoms with E-state index in [1.165, 1.54) is 29.9 Å². The first-order valence-electron chi connectivity index (χ1n) is 5.54. The maximum absolute atomic E-state index is 11.7. The molecule has 0 spiro atoms. The van der Waals surface area contributed by atoms with Gasteiger partial charge in [0.1, 0.15) is 0 Å². The molecule has 0 amide bonds. The molecule has 0 radical (unpaired) electrons. The summed E-state index contributed by atoms with van der Waals surface area (Å²) in [6.45, 7) is 3.96. The zero-order valence-electron chi connectivity index (χ0n) is 10.7. The van der Waals surface area contributed by atoms with Crippen LogP contribution in [0.25, 0.3) is 0 Å². The zero-order valence-corrected chi connectivity index (χ0v) is 10.7. The number of carbonyl (C=O) groups is 1. The summed E-state index contributed by atoms with van der Waals surface area (Å²) in [6.07, 6.45) is 2.80. The standard InChI is InChI=1S/C12H16N2O4/c1-4-18-11(16)6-5-7-14-10(15)8-9(2)13-12(14)17-3/h5-6,8H,4,7H2,1-3H3/b6-5+. The molecule has 0 fully saturated rings. The molecule has 18 heavy (non-hydrogen) atoms. The first-order valence-corrected chi connectivity index (χ1v) is 5.54. The Kier molecular flexibility index (Phi) is 5.10. The summed E-state index contributed by atoms with van der Waals surface area (Å²) < 4.78 is 11.1. The predicted octanol–water partition coefficient (Wildman–Crippen LogP) is 0.680. The molecule has 0 aliphatic heterocycles. The molecule has 0 saturated heterocycles. The second kappa shape index (κ2) is 6.58. The molecule has 0 N–H and O–H groups in total. The number of carbonyl (C=O) groups excluding carboxylic acids is 1. The van der Waals surface area contributed by atoms with Gasteiger partial charge >= 0.3 is 5.97 Å². The van der Waals surface area contributed by atoms with E-state index >= 15 is 0 Å². The minimum absolute atomic E-state index is 0.202. The highest BCUT2D eigenvalue weighted by Crippen LogP contribution is 2.04. The van der Waals surface area contributed by atoms with E-state index in [9.17, 15) is 9.59 Å². The van der Waals surface area contributed by atoms with E-state index in [1.807, 2.05) is 0 Å². The number of methoxy groups -OCH3 is 1.